The maximum Gasteiger partial charge on any atom is 0.335 e. The van der Waals surface area contributed by atoms with Gasteiger partial charge in [-0.3, -0.25) is 4.98 Å². The van der Waals surface area contributed by atoms with E-state index in [1.54, 1.807) is 18.2 Å². The van der Waals surface area contributed by atoms with E-state index in [-0.39, 0.29) is 5.56 Å². The lowest BCUT2D eigenvalue weighted by atomic mass is 10.1. The molecule has 0 aliphatic heterocycles. The monoisotopic (exact) mass is 213 g/mol. The molecular formula is C13H11NO2. The molecule has 0 saturated carbocycles. The fourth-order valence-electron chi connectivity index (χ4n) is 1.52. The van der Waals surface area contributed by atoms with Crippen LogP contribution in [-0.2, 0) is 0 Å². The Balaban J connectivity index is 2.48. The highest BCUT2D eigenvalue weighted by molar-refractivity contribution is 5.89. The molecule has 1 heterocycles. The van der Waals surface area contributed by atoms with Crippen molar-refractivity contribution in [3.63, 3.8) is 0 Å². The minimum absolute atomic E-state index is 0.279. The summed E-state index contributed by atoms with van der Waals surface area (Å²) in [6.45, 7) is 1.91. The predicted octanol–water partition coefficient (Wildman–Crippen LogP) is 2.76. The molecule has 0 fully saturated rings. The first-order valence-electron chi connectivity index (χ1n) is 4.94. The summed E-state index contributed by atoms with van der Waals surface area (Å²) in [6.07, 6.45) is 0. The van der Waals surface area contributed by atoms with Crippen LogP contribution in [0.4, 0.5) is 0 Å². The Bertz CT molecular complexity index is 535. The third-order valence-corrected chi connectivity index (χ3v) is 2.29. The SMILES string of the molecule is Cc1cccc(-c2cccc(C(=O)O)c2)n1. The van der Waals surface area contributed by atoms with Gasteiger partial charge in [0, 0.05) is 11.3 Å². The van der Waals surface area contributed by atoms with Crippen LogP contribution in [0.15, 0.2) is 42.5 Å². The van der Waals surface area contributed by atoms with Gasteiger partial charge < -0.3 is 5.11 Å². The predicted molar refractivity (Wildman–Crippen MR) is 61.4 cm³/mol. The van der Waals surface area contributed by atoms with Gasteiger partial charge in [-0.05, 0) is 31.2 Å². The molecule has 1 aromatic carbocycles. The highest BCUT2D eigenvalue weighted by Crippen LogP contribution is 2.18. The Labute approximate surface area is 93.4 Å². The number of rotatable bonds is 2. The van der Waals surface area contributed by atoms with E-state index in [1.165, 1.54) is 0 Å². The summed E-state index contributed by atoms with van der Waals surface area (Å²) in [6, 6.07) is 12.5. The standard InChI is InChI=1S/C13H11NO2/c1-9-4-2-7-12(14-9)10-5-3-6-11(8-10)13(15)16/h2-8H,1H3,(H,15,16). The van der Waals surface area contributed by atoms with Gasteiger partial charge in [0.05, 0.1) is 11.3 Å². The van der Waals surface area contributed by atoms with Crippen molar-refractivity contribution in [2.75, 3.05) is 0 Å². The molecule has 2 rings (SSSR count). The van der Waals surface area contributed by atoms with Gasteiger partial charge in [0.1, 0.15) is 0 Å². The molecule has 0 spiro atoms. The molecule has 0 aliphatic carbocycles. The zero-order valence-corrected chi connectivity index (χ0v) is 8.84. The van der Waals surface area contributed by atoms with E-state index in [4.69, 9.17) is 5.11 Å². The molecule has 1 aromatic heterocycles. The van der Waals surface area contributed by atoms with Crippen molar-refractivity contribution in [1.29, 1.82) is 0 Å². The third kappa shape index (κ3) is 2.08. The molecule has 3 nitrogen and oxygen atoms in total. The molecule has 0 aliphatic rings. The Morgan fingerprint density at radius 2 is 1.94 bits per heavy atom. The molecule has 0 radical (unpaired) electrons. The molecule has 0 saturated heterocycles. The van der Waals surface area contributed by atoms with Crippen LogP contribution in [-0.4, -0.2) is 16.1 Å². The molecule has 0 amide bonds. The minimum atomic E-state index is -0.922. The summed E-state index contributed by atoms with van der Waals surface area (Å²) < 4.78 is 0. The van der Waals surface area contributed by atoms with Crippen LogP contribution in [0.5, 0.6) is 0 Å². The number of hydrogen-bond donors (Lipinski definition) is 1. The van der Waals surface area contributed by atoms with Gasteiger partial charge in [0.2, 0.25) is 0 Å². The van der Waals surface area contributed by atoms with Crippen molar-refractivity contribution in [3.05, 3.63) is 53.7 Å². The lowest BCUT2D eigenvalue weighted by Crippen LogP contribution is -1.96. The largest absolute Gasteiger partial charge is 0.478 e. The molecule has 16 heavy (non-hydrogen) atoms. The summed E-state index contributed by atoms with van der Waals surface area (Å²) in [5.74, 6) is -0.922. The number of carboxylic acid groups (broad SMARTS) is 1. The summed E-state index contributed by atoms with van der Waals surface area (Å²) in [7, 11) is 0. The maximum atomic E-state index is 10.8. The quantitative estimate of drug-likeness (QED) is 0.834. The average Bonchev–Trinajstić information content (AvgIpc) is 2.29. The first-order chi connectivity index (χ1) is 7.66. The van der Waals surface area contributed by atoms with Gasteiger partial charge in [0.25, 0.3) is 0 Å². The summed E-state index contributed by atoms with van der Waals surface area (Å²) >= 11 is 0. The topological polar surface area (TPSA) is 50.2 Å². The summed E-state index contributed by atoms with van der Waals surface area (Å²) in [5, 5.41) is 8.89. The zero-order valence-electron chi connectivity index (χ0n) is 8.84. The first-order valence-corrected chi connectivity index (χ1v) is 4.94. The highest BCUT2D eigenvalue weighted by atomic mass is 16.4. The van der Waals surface area contributed by atoms with Crippen LogP contribution >= 0.6 is 0 Å². The van der Waals surface area contributed by atoms with Gasteiger partial charge in [-0.1, -0.05) is 18.2 Å². The second-order valence-corrected chi connectivity index (χ2v) is 3.55. The number of aromatic nitrogens is 1. The lowest BCUT2D eigenvalue weighted by molar-refractivity contribution is 0.0697. The van der Waals surface area contributed by atoms with E-state index in [0.29, 0.717) is 0 Å². The molecule has 1 N–H and O–H groups in total. The number of carboxylic acids is 1. The van der Waals surface area contributed by atoms with E-state index in [0.717, 1.165) is 17.0 Å². The van der Waals surface area contributed by atoms with E-state index in [1.807, 2.05) is 31.2 Å². The van der Waals surface area contributed by atoms with E-state index in [9.17, 15) is 4.79 Å². The van der Waals surface area contributed by atoms with Crippen molar-refractivity contribution in [3.8, 4) is 11.3 Å². The first kappa shape index (κ1) is 10.4. The second-order valence-electron chi connectivity index (χ2n) is 3.55. The Hall–Kier alpha value is -2.16. The van der Waals surface area contributed by atoms with Gasteiger partial charge in [0.15, 0.2) is 0 Å². The zero-order chi connectivity index (χ0) is 11.5. The normalized spacial score (nSPS) is 10.1. The summed E-state index contributed by atoms with van der Waals surface area (Å²) in [4.78, 5) is 15.2. The van der Waals surface area contributed by atoms with Crippen molar-refractivity contribution in [2.45, 2.75) is 6.92 Å². The fourth-order valence-corrected chi connectivity index (χ4v) is 1.52. The molecule has 0 unspecified atom stereocenters. The minimum Gasteiger partial charge on any atom is -0.478 e. The number of pyridine rings is 1. The Morgan fingerprint density at radius 3 is 2.62 bits per heavy atom. The van der Waals surface area contributed by atoms with Crippen molar-refractivity contribution in [1.82, 2.24) is 4.98 Å². The van der Waals surface area contributed by atoms with E-state index < -0.39 is 5.97 Å². The molecular weight excluding hydrogens is 202 g/mol. The van der Waals surface area contributed by atoms with Gasteiger partial charge >= 0.3 is 5.97 Å². The van der Waals surface area contributed by atoms with Crippen molar-refractivity contribution >= 4 is 5.97 Å². The Morgan fingerprint density at radius 1 is 1.19 bits per heavy atom. The third-order valence-electron chi connectivity index (χ3n) is 2.29. The molecule has 0 atom stereocenters. The number of nitrogens with zero attached hydrogens (tertiary/aromatic N) is 1. The number of aromatic carboxylic acids is 1. The molecule has 3 heteroatoms. The van der Waals surface area contributed by atoms with Crippen LogP contribution in [0.25, 0.3) is 11.3 Å². The fraction of sp³-hybridized carbons (Fsp3) is 0.0769. The van der Waals surface area contributed by atoms with E-state index in [2.05, 4.69) is 4.98 Å². The van der Waals surface area contributed by atoms with Gasteiger partial charge in [-0.2, -0.15) is 0 Å². The smallest absolute Gasteiger partial charge is 0.335 e. The van der Waals surface area contributed by atoms with Crippen LogP contribution in [0, 0.1) is 6.92 Å². The van der Waals surface area contributed by atoms with Crippen LogP contribution < -0.4 is 0 Å². The summed E-state index contributed by atoms with van der Waals surface area (Å²) in [5.41, 5.74) is 2.81. The maximum absolute atomic E-state index is 10.8. The van der Waals surface area contributed by atoms with Crippen LogP contribution in [0.1, 0.15) is 16.1 Å². The van der Waals surface area contributed by atoms with Gasteiger partial charge in [-0.25, -0.2) is 4.79 Å². The molecule has 2 aromatic rings. The second kappa shape index (κ2) is 4.14. The highest BCUT2D eigenvalue weighted by Gasteiger charge is 2.05. The average molecular weight is 213 g/mol. The van der Waals surface area contributed by atoms with E-state index >= 15 is 0 Å². The molecule has 0 bridgehead atoms. The lowest BCUT2D eigenvalue weighted by Gasteiger charge is -2.02. The van der Waals surface area contributed by atoms with Crippen LogP contribution in [0.2, 0.25) is 0 Å². The van der Waals surface area contributed by atoms with Crippen LogP contribution in [0.3, 0.4) is 0 Å². The number of carbonyl (C=O) groups is 1. The van der Waals surface area contributed by atoms with Crippen molar-refractivity contribution in [2.24, 2.45) is 0 Å². The Kier molecular flexibility index (Phi) is 2.68. The number of aryl methyl sites for hydroxylation is 1. The number of hydrogen-bond acceptors (Lipinski definition) is 2. The van der Waals surface area contributed by atoms with Gasteiger partial charge in [-0.15, -0.1) is 0 Å². The number of benzene rings is 1. The van der Waals surface area contributed by atoms with Crippen molar-refractivity contribution < 1.29 is 9.90 Å². The molecule has 80 valence electrons.